The maximum absolute atomic E-state index is 13.4. The number of benzene rings is 1. The molecule has 11 heteroatoms. The zero-order valence-electron chi connectivity index (χ0n) is 16.3. The summed E-state index contributed by atoms with van der Waals surface area (Å²) in [5.41, 5.74) is 0.659. The number of nitrogens with zero attached hydrogens (tertiary/aromatic N) is 4. The Morgan fingerprint density at radius 3 is 3.10 bits per heavy atom. The van der Waals surface area contributed by atoms with E-state index in [0.29, 0.717) is 27.0 Å². The highest BCUT2D eigenvalue weighted by Gasteiger charge is 2.22. The largest absolute Gasteiger partial charge is 0.376 e. The van der Waals surface area contributed by atoms with Gasteiger partial charge in [-0.05, 0) is 42.5 Å². The second-order valence-electron chi connectivity index (χ2n) is 7.00. The summed E-state index contributed by atoms with van der Waals surface area (Å²) in [6.45, 7) is 1.44. The average Bonchev–Trinajstić information content (AvgIpc) is 3.54. The van der Waals surface area contributed by atoms with Crippen molar-refractivity contribution in [3.63, 3.8) is 0 Å². The molecule has 1 atom stereocenters. The number of halogens is 1. The van der Waals surface area contributed by atoms with Gasteiger partial charge in [0.2, 0.25) is 5.91 Å². The molecule has 1 saturated heterocycles. The van der Waals surface area contributed by atoms with Crippen molar-refractivity contribution in [1.82, 2.24) is 19.7 Å². The van der Waals surface area contributed by atoms with Crippen LogP contribution in [0.25, 0.3) is 20.9 Å². The first-order valence-electron chi connectivity index (χ1n) is 9.73. The van der Waals surface area contributed by atoms with Crippen LogP contribution in [0.2, 0.25) is 0 Å². The van der Waals surface area contributed by atoms with E-state index in [4.69, 9.17) is 4.74 Å². The van der Waals surface area contributed by atoms with Gasteiger partial charge >= 0.3 is 0 Å². The molecule has 0 unspecified atom stereocenters. The van der Waals surface area contributed by atoms with Gasteiger partial charge in [-0.3, -0.25) is 9.36 Å². The van der Waals surface area contributed by atoms with Gasteiger partial charge < -0.3 is 10.1 Å². The summed E-state index contributed by atoms with van der Waals surface area (Å²) in [7, 11) is 0. The molecule has 1 aliphatic rings. The number of fused-ring (bicyclic) bond motifs is 1. The van der Waals surface area contributed by atoms with Gasteiger partial charge in [0.1, 0.15) is 5.82 Å². The Labute approximate surface area is 189 Å². The Morgan fingerprint density at radius 1 is 1.35 bits per heavy atom. The third kappa shape index (κ3) is 4.64. The monoisotopic (exact) mass is 475 g/mol. The molecule has 1 amide bonds. The molecular weight excluding hydrogens is 457 g/mol. The first-order chi connectivity index (χ1) is 15.2. The van der Waals surface area contributed by atoms with E-state index in [1.165, 1.54) is 35.2 Å². The van der Waals surface area contributed by atoms with Crippen molar-refractivity contribution in [2.75, 3.05) is 17.7 Å². The van der Waals surface area contributed by atoms with Crippen molar-refractivity contribution in [3.05, 3.63) is 41.5 Å². The predicted octanol–water partition coefficient (Wildman–Crippen LogP) is 4.67. The van der Waals surface area contributed by atoms with E-state index in [2.05, 4.69) is 20.5 Å². The number of hydrogen-bond acceptors (Lipinski definition) is 8. The zero-order chi connectivity index (χ0) is 21.2. The second kappa shape index (κ2) is 9.03. The van der Waals surface area contributed by atoms with Crippen molar-refractivity contribution in [2.24, 2.45) is 0 Å². The lowest BCUT2D eigenvalue weighted by atomic mass is 10.2. The van der Waals surface area contributed by atoms with Gasteiger partial charge in [-0.1, -0.05) is 29.2 Å². The Bertz CT molecular complexity index is 1200. The van der Waals surface area contributed by atoms with Gasteiger partial charge in [-0.15, -0.1) is 21.5 Å². The number of anilines is 1. The maximum atomic E-state index is 13.4. The van der Waals surface area contributed by atoms with E-state index >= 15 is 0 Å². The molecule has 1 fully saturated rings. The van der Waals surface area contributed by atoms with Crippen LogP contribution in [0.1, 0.15) is 12.8 Å². The lowest BCUT2D eigenvalue weighted by Crippen LogP contribution is -2.18. The van der Waals surface area contributed by atoms with Crippen molar-refractivity contribution < 1.29 is 13.9 Å². The third-order valence-electron chi connectivity index (χ3n) is 4.80. The Balaban J connectivity index is 1.29. The molecule has 0 bridgehead atoms. The number of ether oxygens (including phenoxy) is 1. The summed E-state index contributed by atoms with van der Waals surface area (Å²) in [4.78, 5) is 17.9. The molecule has 0 saturated carbocycles. The molecule has 7 nitrogen and oxygen atoms in total. The Morgan fingerprint density at radius 2 is 2.29 bits per heavy atom. The molecule has 160 valence electrons. The van der Waals surface area contributed by atoms with E-state index in [0.717, 1.165) is 30.2 Å². The van der Waals surface area contributed by atoms with Crippen LogP contribution in [0.15, 0.2) is 40.9 Å². The number of carbonyl (C=O) groups excluding carboxylic acids is 1. The average molecular weight is 476 g/mol. The van der Waals surface area contributed by atoms with Crippen LogP contribution in [0.3, 0.4) is 0 Å². The number of hydrogen-bond donors (Lipinski definition) is 1. The molecule has 31 heavy (non-hydrogen) atoms. The minimum Gasteiger partial charge on any atom is -0.376 e. The van der Waals surface area contributed by atoms with Crippen LogP contribution in [0.5, 0.6) is 0 Å². The highest BCUT2D eigenvalue weighted by atomic mass is 32.2. The van der Waals surface area contributed by atoms with Gasteiger partial charge in [0, 0.05) is 6.61 Å². The smallest absolute Gasteiger partial charge is 0.236 e. The van der Waals surface area contributed by atoms with Crippen LogP contribution >= 0.6 is 34.4 Å². The number of thiophene rings is 1. The van der Waals surface area contributed by atoms with Gasteiger partial charge in [0.15, 0.2) is 16.1 Å². The Hall–Kier alpha value is -2.34. The van der Waals surface area contributed by atoms with Crippen molar-refractivity contribution >= 4 is 55.7 Å². The molecule has 1 aliphatic heterocycles. The van der Waals surface area contributed by atoms with E-state index in [1.807, 2.05) is 22.1 Å². The van der Waals surface area contributed by atoms with Gasteiger partial charge in [0.05, 0.1) is 33.5 Å². The molecule has 0 radical (unpaired) electrons. The summed E-state index contributed by atoms with van der Waals surface area (Å²) in [6, 6.07) is 8.37. The number of nitrogens with one attached hydrogen (secondary N) is 1. The molecule has 5 rings (SSSR count). The van der Waals surface area contributed by atoms with Gasteiger partial charge in [0.25, 0.3) is 0 Å². The highest BCUT2D eigenvalue weighted by molar-refractivity contribution is 7.99. The van der Waals surface area contributed by atoms with E-state index in [-0.39, 0.29) is 23.6 Å². The molecular formula is C20H18FN5O2S3. The summed E-state index contributed by atoms with van der Waals surface area (Å²) >= 11 is 4.18. The fourth-order valence-electron chi connectivity index (χ4n) is 3.38. The number of carbonyl (C=O) groups is 1. The molecule has 0 aliphatic carbocycles. The van der Waals surface area contributed by atoms with Crippen LogP contribution in [-0.2, 0) is 16.1 Å². The number of rotatable bonds is 7. The topological polar surface area (TPSA) is 81.9 Å². The number of aromatic nitrogens is 4. The highest BCUT2D eigenvalue weighted by Crippen LogP contribution is 2.30. The molecule has 1 N–H and O–H groups in total. The lowest BCUT2D eigenvalue weighted by molar-refractivity contribution is -0.113. The van der Waals surface area contributed by atoms with Gasteiger partial charge in [-0.2, -0.15) is 0 Å². The van der Waals surface area contributed by atoms with Crippen molar-refractivity contribution in [1.29, 1.82) is 0 Å². The minimum absolute atomic E-state index is 0.131. The molecule has 1 aromatic carbocycles. The summed E-state index contributed by atoms with van der Waals surface area (Å²) in [6.07, 6.45) is 2.19. The third-order valence-corrected chi connectivity index (χ3v) is 7.56. The Kier molecular flexibility index (Phi) is 5.99. The van der Waals surface area contributed by atoms with Crippen molar-refractivity contribution in [2.45, 2.75) is 30.6 Å². The van der Waals surface area contributed by atoms with Crippen LogP contribution < -0.4 is 5.32 Å². The lowest BCUT2D eigenvalue weighted by Gasteiger charge is -2.14. The fourth-order valence-corrected chi connectivity index (χ4v) is 5.75. The van der Waals surface area contributed by atoms with E-state index in [9.17, 15) is 9.18 Å². The fraction of sp³-hybridized carbons (Fsp3) is 0.300. The van der Waals surface area contributed by atoms with E-state index < -0.39 is 0 Å². The predicted molar refractivity (Wildman–Crippen MR) is 121 cm³/mol. The molecule has 3 aromatic heterocycles. The summed E-state index contributed by atoms with van der Waals surface area (Å²) < 4.78 is 21.9. The quantitative estimate of drug-likeness (QED) is 0.391. The van der Waals surface area contributed by atoms with Crippen LogP contribution in [0, 0.1) is 5.82 Å². The summed E-state index contributed by atoms with van der Waals surface area (Å²) in [5.74, 6) is 0.436. The molecule has 4 aromatic rings. The second-order valence-corrected chi connectivity index (χ2v) is 9.92. The minimum atomic E-state index is -0.322. The summed E-state index contributed by atoms with van der Waals surface area (Å²) in [5, 5.41) is 14.6. The number of amides is 1. The number of thiazole rings is 1. The van der Waals surface area contributed by atoms with Crippen molar-refractivity contribution in [3.8, 4) is 10.7 Å². The SMILES string of the molecule is O=C(CSc1nnc(-c2cccs2)n1C[C@@H]1CCCO1)Nc1nc2ccc(F)cc2s1. The molecule has 4 heterocycles. The van der Waals surface area contributed by atoms with Gasteiger partial charge in [-0.25, -0.2) is 9.37 Å². The molecule has 0 spiro atoms. The zero-order valence-corrected chi connectivity index (χ0v) is 18.7. The first kappa shape index (κ1) is 20.6. The maximum Gasteiger partial charge on any atom is 0.236 e. The van der Waals surface area contributed by atoms with Crippen LogP contribution in [0.4, 0.5) is 9.52 Å². The standard InChI is InChI=1S/C20H18FN5O2S3/c21-12-5-6-14-16(9-12)31-19(22-14)23-17(27)11-30-20-25-24-18(15-4-2-8-29-15)26(20)10-13-3-1-7-28-13/h2,4-6,8-9,13H,1,3,7,10-11H2,(H,22,23,27)/t13-/m0/s1. The van der Waals surface area contributed by atoms with Crippen LogP contribution in [-0.4, -0.2) is 44.1 Å². The number of thioether (sulfide) groups is 1. The van der Waals surface area contributed by atoms with E-state index in [1.54, 1.807) is 17.4 Å². The normalized spacial score (nSPS) is 16.2. The first-order valence-corrected chi connectivity index (χ1v) is 12.4.